The second kappa shape index (κ2) is 6.78. The molecule has 2 nitrogen and oxygen atoms in total. The summed E-state index contributed by atoms with van der Waals surface area (Å²) in [5.74, 6) is 0.483. The number of ketones is 1. The number of anilines is 1. The zero-order valence-electron chi connectivity index (χ0n) is 13.1. The van der Waals surface area contributed by atoms with Crippen molar-refractivity contribution in [2.45, 2.75) is 38.6 Å². The molecule has 0 radical (unpaired) electrons. The number of aryl methyl sites for hydroxylation is 1. The van der Waals surface area contributed by atoms with Gasteiger partial charge in [-0.3, -0.25) is 4.79 Å². The minimum Gasteiger partial charge on any atom is -0.377 e. The van der Waals surface area contributed by atoms with Gasteiger partial charge in [0.25, 0.3) is 0 Å². The van der Waals surface area contributed by atoms with Crippen molar-refractivity contribution in [3.8, 4) is 0 Å². The molecular weight excluding hydrogens is 270 g/mol. The summed E-state index contributed by atoms with van der Waals surface area (Å²) < 4.78 is 0. The molecule has 0 bridgehead atoms. The number of carbonyl (C=O) groups excluding carboxylic acids is 1. The van der Waals surface area contributed by atoms with Gasteiger partial charge in [-0.05, 0) is 43.0 Å². The Morgan fingerprint density at radius 1 is 1.05 bits per heavy atom. The second-order valence-electron chi connectivity index (χ2n) is 6.22. The number of nitrogens with one attached hydrogen (secondary N) is 1. The highest BCUT2D eigenvalue weighted by Crippen LogP contribution is 2.34. The van der Waals surface area contributed by atoms with Crippen LogP contribution in [-0.4, -0.2) is 5.78 Å². The summed E-state index contributed by atoms with van der Waals surface area (Å²) >= 11 is 0. The van der Waals surface area contributed by atoms with Crippen molar-refractivity contribution >= 4 is 11.5 Å². The van der Waals surface area contributed by atoms with Gasteiger partial charge in [-0.15, -0.1) is 0 Å². The number of rotatable bonds is 4. The molecule has 2 atom stereocenters. The van der Waals surface area contributed by atoms with Gasteiger partial charge in [0.15, 0.2) is 0 Å². The van der Waals surface area contributed by atoms with Crippen LogP contribution in [0.4, 0.5) is 5.69 Å². The first-order valence-electron chi connectivity index (χ1n) is 8.15. The van der Waals surface area contributed by atoms with Crippen molar-refractivity contribution in [1.29, 1.82) is 0 Å². The van der Waals surface area contributed by atoms with E-state index in [2.05, 4.69) is 48.6 Å². The minimum absolute atomic E-state index is 0.0656. The highest BCUT2D eigenvalue weighted by molar-refractivity contribution is 5.83. The zero-order valence-corrected chi connectivity index (χ0v) is 13.1. The van der Waals surface area contributed by atoms with E-state index in [1.807, 2.05) is 18.2 Å². The molecule has 0 unspecified atom stereocenters. The highest BCUT2D eigenvalue weighted by Gasteiger charge is 2.31. The van der Waals surface area contributed by atoms with Crippen LogP contribution in [0, 0.1) is 12.8 Å². The average molecular weight is 293 g/mol. The summed E-state index contributed by atoms with van der Waals surface area (Å²) in [5.41, 5.74) is 3.52. The molecule has 1 aliphatic carbocycles. The first-order valence-corrected chi connectivity index (χ1v) is 8.15. The van der Waals surface area contributed by atoms with Gasteiger partial charge in [0.2, 0.25) is 0 Å². The van der Waals surface area contributed by atoms with Gasteiger partial charge in [0.1, 0.15) is 5.78 Å². The van der Waals surface area contributed by atoms with Crippen LogP contribution in [0.3, 0.4) is 0 Å². The van der Waals surface area contributed by atoms with E-state index in [9.17, 15) is 4.79 Å². The lowest BCUT2D eigenvalue weighted by Crippen LogP contribution is -2.30. The fourth-order valence-corrected chi connectivity index (χ4v) is 3.35. The van der Waals surface area contributed by atoms with Crippen molar-refractivity contribution in [2.24, 2.45) is 5.92 Å². The van der Waals surface area contributed by atoms with Crippen LogP contribution in [0.15, 0.2) is 54.6 Å². The Labute approximate surface area is 132 Å². The van der Waals surface area contributed by atoms with Crippen LogP contribution < -0.4 is 5.32 Å². The fourth-order valence-electron chi connectivity index (χ4n) is 3.35. The summed E-state index contributed by atoms with van der Waals surface area (Å²) in [5, 5.41) is 3.62. The van der Waals surface area contributed by atoms with Crippen molar-refractivity contribution in [3.63, 3.8) is 0 Å². The third-order valence-corrected chi connectivity index (χ3v) is 4.50. The van der Waals surface area contributed by atoms with Gasteiger partial charge in [0, 0.05) is 18.0 Å². The van der Waals surface area contributed by atoms with Crippen molar-refractivity contribution in [3.05, 3.63) is 65.7 Å². The molecule has 1 N–H and O–H groups in total. The first kappa shape index (κ1) is 14.8. The third kappa shape index (κ3) is 3.38. The Morgan fingerprint density at radius 2 is 1.86 bits per heavy atom. The molecule has 0 saturated heterocycles. The second-order valence-corrected chi connectivity index (χ2v) is 6.22. The van der Waals surface area contributed by atoms with Crippen molar-refractivity contribution in [2.75, 3.05) is 5.32 Å². The van der Waals surface area contributed by atoms with E-state index < -0.39 is 0 Å². The van der Waals surface area contributed by atoms with E-state index in [0.717, 1.165) is 31.4 Å². The molecule has 0 spiro atoms. The molecule has 2 aromatic rings. The summed E-state index contributed by atoms with van der Waals surface area (Å²) in [7, 11) is 0. The zero-order chi connectivity index (χ0) is 15.4. The van der Waals surface area contributed by atoms with Crippen LogP contribution in [0.1, 0.15) is 42.9 Å². The molecule has 0 amide bonds. The fraction of sp³-hybridized carbons (Fsp3) is 0.350. The van der Waals surface area contributed by atoms with Gasteiger partial charge in [0.05, 0.1) is 6.04 Å². The van der Waals surface area contributed by atoms with E-state index >= 15 is 0 Å². The molecule has 0 aliphatic heterocycles. The number of benzene rings is 2. The standard InChI is InChI=1S/C20H23NO/c1-15-8-7-11-17(14-15)21-20(16-9-3-2-4-10-16)18-12-5-6-13-19(18)22/h2-4,7-11,14,18,20-21H,5-6,12-13H2,1H3/t18-,20-/m0/s1. The number of hydrogen-bond donors (Lipinski definition) is 1. The van der Waals surface area contributed by atoms with E-state index in [-0.39, 0.29) is 12.0 Å². The predicted octanol–water partition coefficient (Wildman–Crippen LogP) is 4.91. The maximum atomic E-state index is 12.4. The first-order chi connectivity index (χ1) is 10.7. The molecule has 3 rings (SSSR count). The Morgan fingerprint density at radius 3 is 2.59 bits per heavy atom. The number of Topliss-reactive ketones (excluding diaryl/α,β-unsaturated/α-hetero) is 1. The maximum Gasteiger partial charge on any atom is 0.138 e. The minimum atomic E-state index is 0.0656. The van der Waals surface area contributed by atoms with Crippen LogP contribution in [0.5, 0.6) is 0 Å². The van der Waals surface area contributed by atoms with E-state index in [4.69, 9.17) is 0 Å². The molecule has 0 aromatic heterocycles. The summed E-state index contributed by atoms with van der Waals surface area (Å²) in [6, 6.07) is 18.8. The smallest absolute Gasteiger partial charge is 0.138 e. The molecule has 2 heteroatoms. The molecule has 2 aromatic carbocycles. The largest absolute Gasteiger partial charge is 0.377 e. The third-order valence-electron chi connectivity index (χ3n) is 4.50. The molecule has 114 valence electrons. The van der Waals surface area contributed by atoms with Crippen molar-refractivity contribution in [1.82, 2.24) is 0 Å². The quantitative estimate of drug-likeness (QED) is 0.868. The lowest BCUT2D eigenvalue weighted by molar-refractivity contribution is -0.125. The van der Waals surface area contributed by atoms with Gasteiger partial charge < -0.3 is 5.32 Å². The Hall–Kier alpha value is -2.09. The SMILES string of the molecule is Cc1cccc(N[C@@H](c2ccccc2)[C@H]2CCCCC2=O)c1. The highest BCUT2D eigenvalue weighted by atomic mass is 16.1. The maximum absolute atomic E-state index is 12.4. The van der Waals surface area contributed by atoms with E-state index in [0.29, 0.717) is 5.78 Å². The topological polar surface area (TPSA) is 29.1 Å². The predicted molar refractivity (Wildman–Crippen MR) is 90.9 cm³/mol. The monoisotopic (exact) mass is 293 g/mol. The van der Waals surface area contributed by atoms with E-state index in [1.165, 1.54) is 11.1 Å². The molecule has 1 aliphatic rings. The Balaban J connectivity index is 1.90. The normalized spacial score (nSPS) is 19.7. The van der Waals surface area contributed by atoms with Gasteiger partial charge in [-0.2, -0.15) is 0 Å². The van der Waals surface area contributed by atoms with Crippen LogP contribution >= 0.6 is 0 Å². The molecular formula is C20H23NO. The van der Waals surface area contributed by atoms with Gasteiger partial charge in [-0.25, -0.2) is 0 Å². The van der Waals surface area contributed by atoms with Crippen LogP contribution in [0.25, 0.3) is 0 Å². The Kier molecular flexibility index (Phi) is 4.57. The van der Waals surface area contributed by atoms with E-state index in [1.54, 1.807) is 0 Å². The molecule has 1 fully saturated rings. The van der Waals surface area contributed by atoms with Gasteiger partial charge >= 0.3 is 0 Å². The summed E-state index contributed by atoms with van der Waals surface area (Å²) in [6.07, 6.45) is 3.90. The van der Waals surface area contributed by atoms with Crippen LogP contribution in [-0.2, 0) is 4.79 Å². The molecule has 0 heterocycles. The summed E-state index contributed by atoms with van der Waals surface area (Å²) in [6.45, 7) is 2.09. The number of hydrogen-bond acceptors (Lipinski definition) is 2. The molecule has 1 saturated carbocycles. The molecule has 22 heavy (non-hydrogen) atoms. The number of carbonyl (C=O) groups is 1. The lowest BCUT2D eigenvalue weighted by Gasteiger charge is -2.31. The van der Waals surface area contributed by atoms with Crippen molar-refractivity contribution < 1.29 is 4.79 Å². The average Bonchev–Trinajstić information content (AvgIpc) is 2.54. The van der Waals surface area contributed by atoms with Crippen LogP contribution in [0.2, 0.25) is 0 Å². The Bertz CT molecular complexity index is 635. The lowest BCUT2D eigenvalue weighted by atomic mass is 9.80. The summed E-state index contributed by atoms with van der Waals surface area (Å²) in [4.78, 5) is 12.4. The van der Waals surface area contributed by atoms with Gasteiger partial charge in [-0.1, -0.05) is 48.9 Å².